The maximum Gasteiger partial charge on any atom is 0.114 e. The van der Waals surface area contributed by atoms with Crippen LogP contribution in [0.5, 0.6) is 0 Å². The molecule has 2 heterocycles. The molecule has 102 valence electrons. The van der Waals surface area contributed by atoms with Gasteiger partial charge in [-0.1, -0.05) is 0 Å². The summed E-state index contributed by atoms with van der Waals surface area (Å²) in [6.45, 7) is 11.7. The monoisotopic (exact) mass is 251 g/mol. The van der Waals surface area contributed by atoms with Crippen LogP contribution in [0.1, 0.15) is 26.5 Å². The molecule has 0 saturated carbocycles. The van der Waals surface area contributed by atoms with Crippen molar-refractivity contribution in [3.05, 3.63) is 18.2 Å². The predicted octanol–water partition coefficient (Wildman–Crippen LogP) is 0.655. The van der Waals surface area contributed by atoms with Crippen molar-refractivity contribution in [1.29, 1.82) is 0 Å². The Morgan fingerprint density at radius 1 is 1.22 bits per heavy atom. The van der Waals surface area contributed by atoms with Crippen molar-refractivity contribution in [2.24, 2.45) is 0 Å². The second-order valence-corrected chi connectivity index (χ2v) is 6.11. The van der Waals surface area contributed by atoms with Gasteiger partial charge in [-0.3, -0.25) is 4.68 Å². The molecule has 1 aromatic heterocycles. The third-order valence-corrected chi connectivity index (χ3v) is 3.23. The van der Waals surface area contributed by atoms with Gasteiger partial charge in [-0.05, 0) is 27.8 Å². The number of likely N-dealkylation sites (N-methyl/N-ethyl adjacent to an activating group) is 1. The minimum Gasteiger partial charge on any atom is -0.309 e. The lowest BCUT2D eigenvalue weighted by Crippen LogP contribution is -2.49. The van der Waals surface area contributed by atoms with Crippen LogP contribution in [0.3, 0.4) is 0 Å². The molecular formula is C13H25N5. The van der Waals surface area contributed by atoms with Crippen LogP contribution in [0.15, 0.2) is 12.5 Å². The number of nitrogens with zero attached hydrogens (tertiary/aromatic N) is 4. The summed E-state index contributed by atoms with van der Waals surface area (Å²) in [4.78, 5) is 6.82. The summed E-state index contributed by atoms with van der Waals surface area (Å²) < 4.78 is 2.13. The van der Waals surface area contributed by atoms with Gasteiger partial charge in [0, 0.05) is 38.3 Å². The van der Waals surface area contributed by atoms with E-state index in [2.05, 4.69) is 58.9 Å². The van der Waals surface area contributed by atoms with Gasteiger partial charge in [0.1, 0.15) is 6.33 Å². The molecule has 1 aliphatic rings. The van der Waals surface area contributed by atoms with E-state index in [1.807, 2.05) is 6.33 Å². The zero-order valence-electron chi connectivity index (χ0n) is 12.0. The lowest BCUT2D eigenvalue weighted by molar-refractivity contribution is 0.287. The summed E-state index contributed by atoms with van der Waals surface area (Å²) in [5, 5.41) is 5.80. The van der Waals surface area contributed by atoms with E-state index in [0.29, 0.717) is 0 Å². The van der Waals surface area contributed by atoms with Crippen molar-refractivity contribution >= 4 is 0 Å². The highest BCUT2D eigenvalue weighted by atomic mass is 15.6. The lowest BCUT2D eigenvalue weighted by Gasteiger charge is -2.34. The van der Waals surface area contributed by atoms with E-state index in [4.69, 9.17) is 0 Å². The van der Waals surface area contributed by atoms with Crippen LogP contribution >= 0.6 is 0 Å². The molecule has 1 aliphatic heterocycles. The van der Waals surface area contributed by atoms with Crippen molar-refractivity contribution in [1.82, 2.24) is 19.9 Å². The number of imidazole rings is 1. The summed E-state index contributed by atoms with van der Waals surface area (Å²) in [7, 11) is 2.17. The summed E-state index contributed by atoms with van der Waals surface area (Å²) in [6.07, 6.45) is 4.05. The molecule has 0 radical (unpaired) electrons. The first-order valence-corrected chi connectivity index (χ1v) is 6.66. The Kier molecular flexibility index (Phi) is 3.92. The van der Waals surface area contributed by atoms with Crippen molar-refractivity contribution in [2.75, 3.05) is 38.2 Å². The SMILES string of the molecule is CN1CCN(n2cnc(CNC(C)(C)C)c2)CC1. The molecule has 0 aromatic carbocycles. The number of hydrogen-bond donors (Lipinski definition) is 1. The largest absolute Gasteiger partial charge is 0.309 e. The van der Waals surface area contributed by atoms with Gasteiger partial charge in [0.2, 0.25) is 0 Å². The molecule has 0 amide bonds. The number of piperazine rings is 1. The van der Waals surface area contributed by atoms with Gasteiger partial charge in [0.25, 0.3) is 0 Å². The molecule has 5 heteroatoms. The van der Waals surface area contributed by atoms with E-state index in [9.17, 15) is 0 Å². The van der Waals surface area contributed by atoms with Gasteiger partial charge in [0.15, 0.2) is 0 Å². The minimum atomic E-state index is 0.137. The topological polar surface area (TPSA) is 36.3 Å². The maximum atomic E-state index is 4.46. The van der Waals surface area contributed by atoms with Gasteiger partial charge >= 0.3 is 0 Å². The van der Waals surface area contributed by atoms with Crippen LogP contribution in [-0.2, 0) is 6.54 Å². The molecule has 1 aromatic rings. The van der Waals surface area contributed by atoms with Crippen LogP contribution in [0, 0.1) is 0 Å². The van der Waals surface area contributed by atoms with Crippen molar-refractivity contribution in [3.63, 3.8) is 0 Å². The van der Waals surface area contributed by atoms with Gasteiger partial charge in [0.05, 0.1) is 11.9 Å². The average molecular weight is 251 g/mol. The molecule has 0 aliphatic carbocycles. The first kappa shape index (κ1) is 13.4. The van der Waals surface area contributed by atoms with E-state index >= 15 is 0 Å². The summed E-state index contributed by atoms with van der Waals surface area (Å²) in [6, 6.07) is 0. The first-order valence-electron chi connectivity index (χ1n) is 6.66. The number of aromatic nitrogens is 2. The van der Waals surface area contributed by atoms with Crippen LogP contribution < -0.4 is 10.3 Å². The third kappa shape index (κ3) is 3.71. The average Bonchev–Trinajstić information content (AvgIpc) is 2.75. The van der Waals surface area contributed by atoms with Crippen molar-refractivity contribution < 1.29 is 0 Å². The highest BCUT2D eigenvalue weighted by molar-refractivity contribution is 5.02. The molecule has 1 fully saturated rings. The second kappa shape index (κ2) is 5.28. The molecular weight excluding hydrogens is 226 g/mol. The van der Waals surface area contributed by atoms with Gasteiger partial charge in [-0.25, -0.2) is 4.98 Å². The fourth-order valence-electron chi connectivity index (χ4n) is 1.98. The van der Waals surface area contributed by atoms with Gasteiger partial charge in [-0.2, -0.15) is 0 Å². The molecule has 5 nitrogen and oxygen atoms in total. The highest BCUT2D eigenvalue weighted by Gasteiger charge is 2.15. The Morgan fingerprint density at radius 3 is 2.50 bits per heavy atom. The molecule has 2 rings (SSSR count). The normalized spacial score (nSPS) is 18.3. The van der Waals surface area contributed by atoms with Crippen LogP contribution in [0.2, 0.25) is 0 Å². The van der Waals surface area contributed by atoms with Crippen molar-refractivity contribution in [3.8, 4) is 0 Å². The Hall–Kier alpha value is -1.07. The van der Waals surface area contributed by atoms with E-state index < -0.39 is 0 Å². The number of rotatable bonds is 3. The van der Waals surface area contributed by atoms with E-state index in [1.54, 1.807) is 0 Å². The Balaban J connectivity index is 1.90. The van der Waals surface area contributed by atoms with Crippen molar-refractivity contribution in [2.45, 2.75) is 32.9 Å². The summed E-state index contributed by atoms with van der Waals surface area (Å²) in [5.41, 5.74) is 1.24. The molecule has 0 spiro atoms. The van der Waals surface area contributed by atoms with Gasteiger partial charge < -0.3 is 15.2 Å². The standard InChI is InChI=1S/C13H25N5/c1-13(2,3)15-9-12-10-18(11-14-12)17-7-5-16(4)6-8-17/h10-11,15H,5-9H2,1-4H3. The van der Waals surface area contributed by atoms with E-state index in [-0.39, 0.29) is 5.54 Å². The first-order chi connectivity index (χ1) is 8.44. The highest BCUT2D eigenvalue weighted by Crippen LogP contribution is 2.05. The maximum absolute atomic E-state index is 4.46. The number of hydrogen-bond acceptors (Lipinski definition) is 4. The number of nitrogens with one attached hydrogen (secondary N) is 1. The molecule has 18 heavy (non-hydrogen) atoms. The summed E-state index contributed by atoms with van der Waals surface area (Å²) >= 11 is 0. The molecule has 1 N–H and O–H groups in total. The quantitative estimate of drug-likeness (QED) is 0.856. The minimum absolute atomic E-state index is 0.137. The zero-order valence-corrected chi connectivity index (χ0v) is 12.0. The molecule has 0 bridgehead atoms. The van der Waals surface area contributed by atoms with Crippen LogP contribution in [-0.4, -0.2) is 53.3 Å². The fraction of sp³-hybridized carbons (Fsp3) is 0.769. The zero-order chi connectivity index (χ0) is 13.2. The Labute approximate surface area is 110 Å². The predicted molar refractivity (Wildman–Crippen MR) is 74.3 cm³/mol. The van der Waals surface area contributed by atoms with E-state index in [0.717, 1.165) is 38.4 Å². The Morgan fingerprint density at radius 2 is 1.89 bits per heavy atom. The molecule has 0 unspecified atom stereocenters. The molecule has 0 atom stereocenters. The fourth-order valence-corrected chi connectivity index (χ4v) is 1.98. The van der Waals surface area contributed by atoms with Crippen LogP contribution in [0.25, 0.3) is 0 Å². The third-order valence-electron chi connectivity index (χ3n) is 3.23. The second-order valence-electron chi connectivity index (χ2n) is 6.11. The van der Waals surface area contributed by atoms with Crippen LogP contribution in [0.4, 0.5) is 0 Å². The molecule has 1 saturated heterocycles. The smallest absolute Gasteiger partial charge is 0.114 e. The summed E-state index contributed by atoms with van der Waals surface area (Å²) in [5.74, 6) is 0. The Bertz CT molecular complexity index is 371. The van der Waals surface area contributed by atoms with E-state index in [1.165, 1.54) is 0 Å². The van der Waals surface area contributed by atoms with Gasteiger partial charge in [-0.15, -0.1) is 0 Å². The lowest BCUT2D eigenvalue weighted by atomic mass is 10.1.